The van der Waals surface area contributed by atoms with Crippen molar-refractivity contribution in [2.45, 2.75) is 39.8 Å². The van der Waals surface area contributed by atoms with E-state index in [0.29, 0.717) is 0 Å². The van der Waals surface area contributed by atoms with E-state index in [-0.39, 0.29) is 0 Å². The van der Waals surface area contributed by atoms with Crippen LogP contribution in [0.1, 0.15) is 37.8 Å². The van der Waals surface area contributed by atoms with Crippen molar-refractivity contribution in [2.24, 2.45) is 0 Å². The SMILES string of the molecule is CCCN(CCC)Cc1cccc(Cn2cnc(-c3ccc(Nc4ccncc4)cc3)c2)c1. The number of imidazole rings is 1. The second kappa shape index (κ2) is 11.4. The maximum Gasteiger partial charge on any atom is 0.0956 e. The van der Waals surface area contributed by atoms with Crippen LogP contribution < -0.4 is 5.32 Å². The molecule has 0 atom stereocenters. The Kier molecular flexibility index (Phi) is 7.88. The van der Waals surface area contributed by atoms with Crippen molar-refractivity contribution < 1.29 is 0 Å². The summed E-state index contributed by atoms with van der Waals surface area (Å²) in [4.78, 5) is 11.2. The molecule has 4 rings (SSSR count). The lowest BCUT2D eigenvalue weighted by atomic mass is 10.1. The van der Waals surface area contributed by atoms with Gasteiger partial charge in [-0.05, 0) is 61.3 Å². The average Bonchev–Trinajstić information content (AvgIpc) is 3.29. The lowest BCUT2D eigenvalue weighted by Crippen LogP contribution is -2.24. The second-order valence-electron chi connectivity index (χ2n) is 8.47. The first-order chi connectivity index (χ1) is 16.2. The molecule has 0 radical (unpaired) electrons. The molecule has 0 fully saturated rings. The number of anilines is 2. The fraction of sp³-hybridized carbons (Fsp3) is 0.286. The molecule has 2 heterocycles. The maximum absolute atomic E-state index is 4.64. The van der Waals surface area contributed by atoms with Gasteiger partial charge in [0.2, 0.25) is 0 Å². The van der Waals surface area contributed by atoms with E-state index < -0.39 is 0 Å². The van der Waals surface area contributed by atoms with Gasteiger partial charge in [-0.2, -0.15) is 0 Å². The van der Waals surface area contributed by atoms with Gasteiger partial charge in [0.15, 0.2) is 0 Å². The molecule has 0 spiro atoms. The van der Waals surface area contributed by atoms with Crippen LogP contribution in [-0.4, -0.2) is 32.5 Å². The van der Waals surface area contributed by atoms with Gasteiger partial charge in [0.05, 0.1) is 12.0 Å². The first-order valence-corrected chi connectivity index (χ1v) is 11.8. The fourth-order valence-electron chi connectivity index (χ4n) is 4.12. The lowest BCUT2D eigenvalue weighted by molar-refractivity contribution is 0.266. The zero-order valence-corrected chi connectivity index (χ0v) is 19.6. The highest BCUT2D eigenvalue weighted by Gasteiger charge is 2.07. The van der Waals surface area contributed by atoms with Crippen LogP contribution in [0.25, 0.3) is 11.3 Å². The Morgan fingerprint density at radius 3 is 2.27 bits per heavy atom. The quantitative estimate of drug-likeness (QED) is 0.295. The Labute approximate surface area is 197 Å². The zero-order chi connectivity index (χ0) is 22.9. The summed E-state index contributed by atoms with van der Waals surface area (Å²) < 4.78 is 2.16. The molecule has 5 heteroatoms. The highest BCUT2D eigenvalue weighted by Crippen LogP contribution is 2.22. The third kappa shape index (κ3) is 6.53. The molecule has 5 nitrogen and oxygen atoms in total. The summed E-state index contributed by atoms with van der Waals surface area (Å²) in [5, 5.41) is 3.39. The van der Waals surface area contributed by atoms with Gasteiger partial charge in [-0.25, -0.2) is 4.98 Å². The van der Waals surface area contributed by atoms with Crippen molar-refractivity contribution in [2.75, 3.05) is 18.4 Å². The number of benzene rings is 2. The molecular weight excluding hydrogens is 406 g/mol. The number of nitrogens with zero attached hydrogens (tertiary/aromatic N) is 4. The van der Waals surface area contributed by atoms with E-state index in [0.717, 1.165) is 48.8 Å². The van der Waals surface area contributed by atoms with Crippen LogP contribution in [0.5, 0.6) is 0 Å². The van der Waals surface area contributed by atoms with Crippen LogP contribution in [0.3, 0.4) is 0 Å². The van der Waals surface area contributed by atoms with Crippen molar-refractivity contribution >= 4 is 11.4 Å². The molecule has 0 saturated carbocycles. The Morgan fingerprint density at radius 1 is 0.848 bits per heavy atom. The van der Waals surface area contributed by atoms with Gasteiger partial charge in [0, 0.05) is 48.6 Å². The van der Waals surface area contributed by atoms with E-state index in [4.69, 9.17) is 0 Å². The molecule has 0 saturated heterocycles. The monoisotopic (exact) mass is 439 g/mol. The number of aromatic nitrogens is 3. The smallest absolute Gasteiger partial charge is 0.0956 e. The highest BCUT2D eigenvalue weighted by atomic mass is 15.1. The molecule has 2 aromatic carbocycles. The van der Waals surface area contributed by atoms with E-state index in [1.807, 2.05) is 18.5 Å². The van der Waals surface area contributed by atoms with Gasteiger partial charge in [-0.15, -0.1) is 0 Å². The number of nitrogens with one attached hydrogen (secondary N) is 1. The van der Waals surface area contributed by atoms with Gasteiger partial charge in [-0.1, -0.05) is 50.2 Å². The minimum absolute atomic E-state index is 0.823. The van der Waals surface area contributed by atoms with Crippen LogP contribution in [0.4, 0.5) is 11.4 Å². The topological polar surface area (TPSA) is 46.0 Å². The Hall–Kier alpha value is -3.44. The summed E-state index contributed by atoms with van der Waals surface area (Å²) in [6, 6.07) is 21.2. The van der Waals surface area contributed by atoms with Crippen LogP contribution in [-0.2, 0) is 13.1 Å². The molecule has 4 aromatic rings. The van der Waals surface area contributed by atoms with Crippen LogP contribution >= 0.6 is 0 Å². The van der Waals surface area contributed by atoms with E-state index in [1.165, 1.54) is 24.0 Å². The van der Waals surface area contributed by atoms with Crippen LogP contribution in [0.2, 0.25) is 0 Å². The number of rotatable bonds is 11. The summed E-state index contributed by atoms with van der Waals surface area (Å²) >= 11 is 0. The van der Waals surface area contributed by atoms with Gasteiger partial charge in [0.25, 0.3) is 0 Å². The number of hydrogen-bond donors (Lipinski definition) is 1. The summed E-state index contributed by atoms with van der Waals surface area (Å²) in [7, 11) is 0. The molecule has 33 heavy (non-hydrogen) atoms. The van der Waals surface area contributed by atoms with Crippen molar-refractivity contribution in [1.29, 1.82) is 0 Å². The molecule has 0 amide bonds. The van der Waals surface area contributed by atoms with E-state index in [9.17, 15) is 0 Å². The predicted molar refractivity (Wildman–Crippen MR) is 137 cm³/mol. The largest absolute Gasteiger partial charge is 0.355 e. The first kappa shape index (κ1) is 22.7. The third-order valence-electron chi connectivity index (χ3n) is 5.63. The van der Waals surface area contributed by atoms with Crippen molar-refractivity contribution in [1.82, 2.24) is 19.4 Å². The predicted octanol–water partition coefficient (Wildman–Crippen LogP) is 6.36. The molecule has 170 valence electrons. The Bertz CT molecular complexity index is 1110. The van der Waals surface area contributed by atoms with Gasteiger partial charge in [-0.3, -0.25) is 9.88 Å². The number of pyridine rings is 1. The summed E-state index contributed by atoms with van der Waals surface area (Å²) in [5.41, 5.74) is 6.85. The molecule has 0 aliphatic heterocycles. The third-order valence-corrected chi connectivity index (χ3v) is 5.63. The second-order valence-corrected chi connectivity index (χ2v) is 8.47. The minimum atomic E-state index is 0.823. The fourth-order valence-corrected chi connectivity index (χ4v) is 4.12. The average molecular weight is 440 g/mol. The van der Waals surface area contributed by atoms with Crippen LogP contribution in [0.15, 0.2) is 85.6 Å². The Balaban J connectivity index is 1.39. The van der Waals surface area contributed by atoms with E-state index in [2.05, 4.69) is 93.3 Å². The highest BCUT2D eigenvalue weighted by molar-refractivity contribution is 5.65. The minimum Gasteiger partial charge on any atom is -0.355 e. The van der Waals surface area contributed by atoms with E-state index in [1.54, 1.807) is 12.4 Å². The summed E-state index contributed by atoms with van der Waals surface area (Å²) in [6.07, 6.45) is 10.00. The molecule has 0 unspecified atom stereocenters. The molecule has 0 bridgehead atoms. The first-order valence-electron chi connectivity index (χ1n) is 11.8. The lowest BCUT2D eigenvalue weighted by Gasteiger charge is -2.21. The van der Waals surface area contributed by atoms with Crippen molar-refractivity contribution in [3.05, 3.63) is 96.7 Å². The van der Waals surface area contributed by atoms with Gasteiger partial charge < -0.3 is 9.88 Å². The normalized spacial score (nSPS) is 11.1. The van der Waals surface area contributed by atoms with Gasteiger partial charge >= 0.3 is 0 Å². The molecule has 2 aromatic heterocycles. The standard InChI is InChI=1S/C28H33N5/c1-3-16-32(17-4-2)19-23-6-5-7-24(18-23)20-33-21-28(30-22-33)25-8-10-26(11-9-25)31-27-12-14-29-15-13-27/h5-15,18,21-22H,3-4,16-17,19-20H2,1-2H3,(H,29,31). The molecule has 1 N–H and O–H groups in total. The molecular formula is C28H33N5. The van der Waals surface area contributed by atoms with Crippen molar-refractivity contribution in [3.63, 3.8) is 0 Å². The molecule has 0 aliphatic carbocycles. The summed E-state index contributed by atoms with van der Waals surface area (Å²) in [5.74, 6) is 0. The summed E-state index contributed by atoms with van der Waals surface area (Å²) in [6.45, 7) is 8.65. The van der Waals surface area contributed by atoms with Gasteiger partial charge in [0.1, 0.15) is 0 Å². The maximum atomic E-state index is 4.64. The van der Waals surface area contributed by atoms with E-state index >= 15 is 0 Å². The molecule has 0 aliphatic rings. The number of hydrogen-bond acceptors (Lipinski definition) is 4. The van der Waals surface area contributed by atoms with Crippen LogP contribution in [0, 0.1) is 0 Å². The van der Waals surface area contributed by atoms with Crippen molar-refractivity contribution in [3.8, 4) is 11.3 Å². The zero-order valence-electron chi connectivity index (χ0n) is 19.6. The Morgan fingerprint density at radius 2 is 1.55 bits per heavy atom.